The molecule has 0 fully saturated rings. The molecule has 1 aliphatic carbocycles. The van der Waals surface area contributed by atoms with Crippen molar-refractivity contribution in [2.45, 2.75) is 45.1 Å². The third-order valence-corrected chi connectivity index (χ3v) is 5.74. The van der Waals surface area contributed by atoms with Crippen LogP contribution in [0.25, 0.3) is 0 Å². The van der Waals surface area contributed by atoms with E-state index < -0.39 is 0 Å². The number of rotatable bonds is 4. The van der Waals surface area contributed by atoms with Crippen molar-refractivity contribution < 1.29 is 0 Å². The second kappa shape index (κ2) is 6.11. The van der Waals surface area contributed by atoms with Crippen LogP contribution in [0.1, 0.15) is 45.3 Å². The van der Waals surface area contributed by atoms with E-state index in [0.717, 1.165) is 6.42 Å². The summed E-state index contributed by atoms with van der Waals surface area (Å²) >= 11 is 2.03. The predicted molar refractivity (Wildman–Crippen MR) is 87.6 cm³/mol. The second-order valence-electron chi connectivity index (χ2n) is 5.78. The summed E-state index contributed by atoms with van der Waals surface area (Å²) < 4.78 is 0. The molecule has 1 aromatic carbocycles. The first kappa shape index (κ1) is 13.8. The van der Waals surface area contributed by atoms with E-state index in [9.17, 15) is 0 Å². The highest BCUT2D eigenvalue weighted by Gasteiger charge is 2.18. The van der Waals surface area contributed by atoms with Gasteiger partial charge in [0.2, 0.25) is 0 Å². The second-order valence-corrected chi connectivity index (χ2v) is 6.94. The molecule has 1 N–H and O–H groups in total. The molecule has 3 rings (SSSR count). The third-order valence-electron chi connectivity index (χ3n) is 4.39. The highest BCUT2D eigenvalue weighted by Crippen LogP contribution is 2.34. The molecule has 0 aliphatic heterocycles. The van der Waals surface area contributed by atoms with Crippen LogP contribution in [-0.4, -0.2) is 7.05 Å². The van der Waals surface area contributed by atoms with Crippen molar-refractivity contribution >= 4 is 11.3 Å². The van der Waals surface area contributed by atoms with E-state index in [4.69, 9.17) is 0 Å². The Morgan fingerprint density at radius 2 is 2.00 bits per heavy atom. The van der Waals surface area contributed by atoms with Crippen molar-refractivity contribution in [2.75, 3.05) is 7.05 Å². The molecule has 20 heavy (non-hydrogen) atoms. The van der Waals surface area contributed by atoms with Crippen LogP contribution in [0.5, 0.6) is 0 Å². The van der Waals surface area contributed by atoms with Gasteiger partial charge in [-0.25, -0.2) is 0 Å². The quantitative estimate of drug-likeness (QED) is 0.876. The van der Waals surface area contributed by atoms with E-state index in [-0.39, 0.29) is 0 Å². The lowest BCUT2D eigenvalue weighted by molar-refractivity contribution is 0.600. The Hall–Kier alpha value is -1.12. The highest BCUT2D eigenvalue weighted by atomic mass is 32.1. The van der Waals surface area contributed by atoms with Gasteiger partial charge >= 0.3 is 0 Å². The molecule has 2 aromatic rings. The molecule has 0 saturated heterocycles. The van der Waals surface area contributed by atoms with Crippen molar-refractivity contribution in [3.8, 4) is 0 Å². The Kier molecular flexibility index (Phi) is 4.23. The molecule has 0 amide bonds. The fraction of sp³-hybridized carbons (Fsp3) is 0.444. The lowest BCUT2D eigenvalue weighted by atomic mass is 9.97. The summed E-state index contributed by atoms with van der Waals surface area (Å²) in [6.07, 6.45) is 6.40. The Morgan fingerprint density at radius 1 is 1.20 bits per heavy atom. The molecular weight excluding hydrogens is 262 g/mol. The van der Waals surface area contributed by atoms with Crippen molar-refractivity contribution in [2.24, 2.45) is 0 Å². The normalized spacial score (nSPS) is 15.9. The van der Waals surface area contributed by atoms with Gasteiger partial charge in [0.1, 0.15) is 0 Å². The first-order valence-electron chi connectivity index (χ1n) is 7.61. The van der Waals surface area contributed by atoms with Crippen LogP contribution < -0.4 is 5.32 Å². The molecule has 0 saturated carbocycles. The molecule has 2 heteroatoms. The zero-order valence-corrected chi connectivity index (χ0v) is 13.2. The van der Waals surface area contributed by atoms with Gasteiger partial charge in [0.05, 0.1) is 0 Å². The Labute approximate surface area is 126 Å². The van der Waals surface area contributed by atoms with E-state index in [1.54, 1.807) is 10.4 Å². The van der Waals surface area contributed by atoms with Gasteiger partial charge in [-0.05, 0) is 68.8 Å². The molecule has 1 unspecified atom stereocenters. The number of hydrogen-bond donors (Lipinski definition) is 1. The van der Waals surface area contributed by atoms with E-state index in [1.807, 2.05) is 11.3 Å². The lowest BCUT2D eigenvalue weighted by Gasteiger charge is -2.16. The van der Waals surface area contributed by atoms with Gasteiger partial charge in [0.25, 0.3) is 0 Å². The number of nitrogens with one attached hydrogen (secondary N) is 1. The van der Waals surface area contributed by atoms with Crippen LogP contribution >= 0.6 is 11.3 Å². The number of likely N-dealkylation sites (N-methyl/N-ethyl adjacent to an activating group) is 1. The maximum absolute atomic E-state index is 3.51. The minimum Gasteiger partial charge on any atom is -0.312 e. The van der Waals surface area contributed by atoms with Gasteiger partial charge in [0, 0.05) is 15.8 Å². The number of thiophene rings is 1. The standard InChI is InChI=1S/C18H23NS/c1-13-7-3-4-8-14(13)11-16(19-2)18-12-15-9-5-6-10-17(15)20-18/h3-4,7-8,12,16,19H,5-6,9-11H2,1-2H3. The van der Waals surface area contributed by atoms with Crippen LogP contribution in [0.4, 0.5) is 0 Å². The summed E-state index contributed by atoms with van der Waals surface area (Å²) in [5, 5.41) is 3.51. The van der Waals surface area contributed by atoms with Gasteiger partial charge in [0.15, 0.2) is 0 Å². The minimum absolute atomic E-state index is 0.451. The van der Waals surface area contributed by atoms with Crippen molar-refractivity contribution in [1.29, 1.82) is 0 Å². The Morgan fingerprint density at radius 3 is 2.75 bits per heavy atom. The molecule has 106 valence electrons. The van der Waals surface area contributed by atoms with Gasteiger partial charge in [-0.3, -0.25) is 0 Å². The first-order valence-corrected chi connectivity index (χ1v) is 8.43. The molecule has 0 bridgehead atoms. The number of fused-ring (bicyclic) bond motifs is 1. The smallest absolute Gasteiger partial charge is 0.0453 e. The zero-order valence-electron chi connectivity index (χ0n) is 12.4. The Balaban J connectivity index is 1.83. The van der Waals surface area contributed by atoms with Crippen molar-refractivity contribution in [3.63, 3.8) is 0 Å². The molecule has 1 atom stereocenters. The first-order chi connectivity index (χ1) is 9.78. The van der Waals surface area contributed by atoms with Crippen LogP contribution in [-0.2, 0) is 19.3 Å². The molecule has 0 radical (unpaired) electrons. The lowest BCUT2D eigenvalue weighted by Crippen LogP contribution is -2.18. The third kappa shape index (κ3) is 2.82. The fourth-order valence-electron chi connectivity index (χ4n) is 3.09. The van der Waals surface area contributed by atoms with E-state index in [0.29, 0.717) is 6.04 Å². The van der Waals surface area contributed by atoms with Crippen molar-refractivity contribution in [1.82, 2.24) is 5.32 Å². The topological polar surface area (TPSA) is 12.0 Å². The average Bonchev–Trinajstić information content (AvgIpc) is 2.90. The molecule has 1 aliphatic rings. The maximum Gasteiger partial charge on any atom is 0.0453 e. The SMILES string of the molecule is CNC(Cc1ccccc1C)c1cc2c(s1)CCCC2. The van der Waals surface area contributed by atoms with E-state index in [1.165, 1.54) is 41.7 Å². The van der Waals surface area contributed by atoms with Crippen LogP contribution in [0.2, 0.25) is 0 Å². The van der Waals surface area contributed by atoms with E-state index >= 15 is 0 Å². The minimum atomic E-state index is 0.451. The van der Waals surface area contributed by atoms with Gasteiger partial charge in [-0.1, -0.05) is 24.3 Å². The largest absolute Gasteiger partial charge is 0.312 e. The van der Waals surface area contributed by atoms with Gasteiger partial charge in [-0.15, -0.1) is 11.3 Å². The predicted octanol–water partition coefficient (Wildman–Crippen LogP) is 4.44. The van der Waals surface area contributed by atoms with Crippen molar-refractivity contribution in [3.05, 3.63) is 56.8 Å². The average molecular weight is 285 g/mol. The molecule has 1 aromatic heterocycles. The van der Waals surface area contributed by atoms with Crippen LogP contribution in [0.3, 0.4) is 0 Å². The van der Waals surface area contributed by atoms with Gasteiger partial charge < -0.3 is 5.32 Å². The monoisotopic (exact) mass is 285 g/mol. The number of hydrogen-bond acceptors (Lipinski definition) is 2. The zero-order chi connectivity index (χ0) is 13.9. The summed E-state index contributed by atoms with van der Waals surface area (Å²) in [5.41, 5.74) is 4.47. The molecule has 1 heterocycles. The summed E-state index contributed by atoms with van der Waals surface area (Å²) in [6.45, 7) is 2.21. The van der Waals surface area contributed by atoms with Crippen LogP contribution in [0, 0.1) is 6.92 Å². The van der Waals surface area contributed by atoms with E-state index in [2.05, 4.69) is 49.6 Å². The Bertz CT molecular complexity index is 561. The number of aryl methyl sites for hydroxylation is 3. The summed E-state index contributed by atoms with van der Waals surface area (Å²) in [7, 11) is 2.08. The number of benzene rings is 1. The van der Waals surface area contributed by atoms with Gasteiger partial charge in [-0.2, -0.15) is 0 Å². The molecular formula is C18H23NS. The maximum atomic E-state index is 3.51. The summed E-state index contributed by atoms with van der Waals surface area (Å²) in [5.74, 6) is 0. The highest BCUT2D eigenvalue weighted by molar-refractivity contribution is 7.12. The summed E-state index contributed by atoms with van der Waals surface area (Å²) in [4.78, 5) is 3.15. The molecule has 1 nitrogen and oxygen atoms in total. The summed E-state index contributed by atoms with van der Waals surface area (Å²) in [6, 6.07) is 11.6. The molecule has 0 spiro atoms. The fourth-order valence-corrected chi connectivity index (χ4v) is 4.46. The van der Waals surface area contributed by atoms with Crippen LogP contribution in [0.15, 0.2) is 30.3 Å².